The number of amides is 2. The first-order valence-corrected chi connectivity index (χ1v) is 8.69. The maximum atomic E-state index is 12.7. The predicted octanol–water partition coefficient (Wildman–Crippen LogP) is 3.85. The molecule has 4 nitrogen and oxygen atoms in total. The number of anilines is 1. The molecule has 0 unspecified atom stereocenters. The van der Waals surface area contributed by atoms with E-state index in [1.54, 1.807) is 0 Å². The molecule has 0 radical (unpaired) electrons. The number of hydrogen-bond donors (Lipinski definition) is 1. The molecule has 2 amide bonds. The first-order valence-electron chi connectivity index (χ1n) is 8.69. The van der Waals surface area contributed by atoms with Crippen LogP contribution in [-0.2, 0) is 9.59 Å². The van der Waals surface area contributed by atoms with E-state index >= 15 is 0 Å². The van der Waals surface area contributed by atoms with Crippen LogP contribution in [0.15, 0.2) is 48.5 Å². The fraction of sp³-hybridized carbons (Fsp3) is 0.333. The number of carbonyl (C=O) groups is 2. The van der Waals surface area contributed by atoms with E-state index in [0.29, 0.717) is 6.54 Å². The van der Waals surface area contributed by atoms with Crippen molar-refractivity contribution in [2.45, 2.75) is 33.2 Å². The van der Waals surface area contributed by atoms with Gasteiger partial charge in [0.1, 0.15) is 0 Å². The van der Waals surface area contributed by atoms with Gasteiger partial charge in [-0.25, -0.2) is 0 Å². The number of nitrogens with zero attached hydrogens (tertiary/aromatic N) is 1. The average Bonchev–Trinajstić information content (AvgIpc) is 3.00. The highest BCUT2D eigenvalue weighted by Crippen LogP contribution is 2.29. The lowest BCUT2D eigenvalue weighted by atomic mass is 10.1. The Kier molecular flexibility index (Phi) is 4.88. The maximum Gasteiger partial charge on any atom is 0.229 e. The molecule has 1 N–H and O–H groups in total. The third kappa shape index (κ3) is 3.58. The molecule has 0 aliphatic carbocycles. The molecule has 1 saturated heterocycles. The van der Waals surface area contributed by atoms with Gasteiger partial charge in [0, 0.05) is 18.7 Å². The third-order valence-corrected chi connectivity index (χ3v) is 5.01. The molecule has 0 aromatic heterocycles. The van der Waals surface area contributed by atoms with E-state index < -0.39 is 0 Å². The Morgan fingerprint density at radius 2 is 1.72 bits per heavy atom. The Balaban J connectivity index is 1.71. The molecular weight excluding hydrogens is 312 g/mol. The molecule has 2 atom stereocenters. The highest BCUT2D eigenvalue weighted by atomic mass is 16.2. The van der Waals surface area contributed by atoms with Crippen LogP contribution in [0.1, 0.15) is 36.1 Å². The number of aryl methyl sites for hydroxylation is 2. The van der Waals surface area contributed by atoms with Gasteiger partial charge in [0.05, 0.1) is 12.0 Å². The first-order chi connectivity index (χ1) is 12.0. The normalized spacial score (nSPS) is 18.3. The van der Waals surface area contributed by atoms with Gasteiger partial charge in [-0.15, -0.1) is 0 Å². The van der Waals surface area contributed by atoms with Crippen LogP contribution in [0.4, 0.5) is 5.69 Å². The van der Waals surface area contributed by atoms with E-state index in [4.69, 9.17) is 0 Å². The second-order valence-corrected chi connectivity index (χ2v) is 6.79. The van der Waals surface area contributed by atoms with Crippen LogP contribution in [0.2, 0.25) is 0 Å². The van der Waals surface area contributed by atoms with Gasteiger partial charge in [0.15, 0.2) is 0 Å². The molecule has 0 saturated carbocycles. The van der Waals surface area contributed by atoms with Gasteiger partial charge in [-0.2, -0.15) is 0 Å². The van der Waals surface area contributed by atoms with Gasteiger partial charge in [0.2, 0.25) is 11.8 Å². The molecule has 0 bridgehead atoms. The van der Waals surface area contributed by atoms with Crippen LogP contribution in [0, 0.1) is 19.8 Å². The lowest BCUT2D eigenvalue weighted by molar-refractivity contribution is -0.129. The summed E-state index contributed by atoms with van der Waals surface area (Å²) in [6.45, 7) is 6.43. The minimum Gasteiger partial charge on any atom is -0.335 e. The Labute approximate surface area is 148 Å². The van der Waals surface area contributed by atoms with E-state index in [-0.39, 0.29) is 30.2 Å². The molecule has 2 aromatic rings. The Bertz CT molecular complexity index is 765. The summed E-state index contributed by atoms with van der Waals surface area (Å²) in [5.41, 5.74) is 4.01. The quantitative estimate of drug-likeness (QED) is 0.922. The Morgan fingerprint density at radius 1 is 1.08 bits per heavy atom. The highest BCUT2D eigenvalue weighted by Gasteiger charge is 2.37. The highest BCUT2D eigenvalue weighted by molar-refractivity contribution is 5.98. The second kappa shape index (κ2) is 7.09. The van der Waals surface area contributed by atoms with Crippen molar-refractivity contribution in [3.63, 3.8) is 0 Å². The number of carbonyl (C=O) groups excluding carboxylic acids is 2. The molecule has 3 rings (SSSR count). The van der Waals surface area contributed by atoms with E-state index in [1.807, 2.05) is 74.2 Å². The van der Waals surface area contributed by atoms with Crippen LogP contribution < -0.4 is 5.32 Å². The molecular formula is C21H24N2O2. The number of hydrogen-bond acceptors (Lipinski definition) is 2. The molecule has 4 heteroatoms. The van der Waals surface area contributed by atoms with Crippen molar-refractivity contribution in [3.05, 3.63) is 65.2 Å². The fourth-order valence-electron chi connectivity index (χ4n) is 3.43. The monoisotopic (exact) mass is 336 g/mol. The zero-order valence-corrected chi connectivity index (χ0v) is 15.0. The summed E-state index contributed by atoms with van der Waals surface area (Å²) in [4.78, 5) is 26.9. The third-order valence-electron chi connectivity index (χ3n) is 5.01. The summed E-state index contributed by atoms with van der Waals surface area (Å²) >= 11 is 0. The van der Waals surface area contributed by atoms with Gasteiger partial charge in [-0.1, -0.05) is 48.5 Å². The number of benzene rings is 2. The topological polar surface area (TPSA) is 49.4 Å². The lowest BCUT2D eigenvalue weighted by Crippen LogP contribution is -2.30. The second-order valence-electron chi connectivity index (χ2n) is 6.79. The summed E-state index contributed by atoms with van der Waals surface area (Å²) in [5.74, 6) is -0.343. The number of rotatable bonds is 4. The van der Waals surface area contributed by atoms with Crippen molar-refractivity contribution in [2.75, 3.05) is 11.9 Å². The van der Waals surface area contributed by atoms with E-state index in [1.165, 1.54) is 0 Å². The van der Waals surface area contributed by atoms with Crippen molar-refractivity contribution < 1.29 is 9.59 Å². The predicted molar refractivity (Wildman–Crippen MR) is 99.2 cm³/mol. The van der Waals surface area contributed by atoms with E-state index in [9.17, 15) is 9.59 Å². The average molecular weight is 336 g/mol. The molecule has 0 spiro atoms. The zero-order chi connectivity index (χ0) is 18.0. The van der Waals surface area contributed by atoms with Crippen molar-refractivity contribution in [2.24, 2.45) is 5.92 Å². The summed E-state index contributed by atoms with van der Waals surface area (Å²) < 4.78 is 0. The SMILES string of the molecule is Cc1cccc(C)c1NC(=O)[C@H]1CC(=O)N([C@H](C)c2ccccc2)C1. The summed E-state index contributed by atoms with van der Waals surface area (Å²) in [6.07, 6.45) is 0.272. The first kappa shape index (κ1) is 17.2. The molecule has 1 aliphatic heterocycles. The summed E-state index contributed by atoms with van der Waals surface area (Å²) in [5, 5.41) is 3.02. The standard InChI is InChI=1S/C21H24N2O2/c1-14-8-7-9-15(2)20(14)22-21(25)18-12-19(24)23(13-18)16(3)17-10-5-4-6-11-17/h4-11,16,18H,12-13H2,1-3H3,(H,22,25)/t16-,18+/m1/s1. The minimum absolute atomic E-state index is 0.0216. The summed E-state index contributed by atoms with van der Waals surface area (Å²) in [7, 11) is 0. The van der Waals surface area contributed by atoms with Gasteiger partial charge in [-0.3, -0.25) is 9.59 Å². The molecule has 25 heavy (non-hydrogen) atoms. The molecule has 1 heterocycles. The van der Waals surface area contributed by atoms with Crippen LogP contribution in [0.3, 0.4) is 0 Å². The summed E-state index contributed by atoms with van der Waals surface area (Å²) in [6, 6.07) is 15.8. The molecule has 1 aliphatic rings. The smallest absolute Gasteiger partial charge is 0.229 e. The molecule has 2 aromatic carbocycles. The van der Waals surface area contributed by atoms with E-state index in [0.717, 1.165) is 22.4 Å². The van der Waals surface area contributed by atoms with Crippen LogP contribution in [0.5, 0.6) is 0 Å². The fourth-order valence-corrected chi connectivity index (χ4v) is 3.43. The van der Waals surface area contributed by atoms with Crippen LogP contribution in [0.25, 0.3) is 0 Å². The van der Waals surface area contributed by atoms with Gasteiger partial charge >= 0.3 is 0 Å². The number of nitrogens with one attached hydrogen (secondary N) is 1. The van der Waals surface area contributed by atoms with Crippen LogP contribution >= 0.6 is 0 Å². The van der Waals surface area contributed by atoms with E-state index in [2.05, 4.69) is 5.32 Å². The lowest BCUT2D eigenvalue weighted by Gasteiger charge is -2.25. The number of para-hydroxylation sites is 1. The minimum atomic E-state index is -0.308. The molecule has 1 fully saturated rings. The van der Waals surface area contributed by atoms with Gasteiger partial charge in [0.25, 0.3) is 0 Å². The molecule has 130 valence electrons. The van der Waals surface area contributed by atoms with Crippen molar-refractivity contribution in [1.29, 1.82) is 0 Å². The Morgan fingerprint density at radius 3 is 2.36 bits per heavy atom. The number of likely N-dealkylation sites (tertiary alicyclic amines) is 1. The van der Waals surface area contributed by atoms with Crippen LogP contribution in [-0.4, -0.2) is 23.3 Å². The van der Waals surface area contributed by atoms with Gasteiger partial charge < -0.3 is 10.2 Å². The van der Waals surface area contributed by atoms with Crippen molar-refractivity contribution >= 4 is 17.5 Å². The largest absolute Gasteiger partial charge is 0.335 e. The zero-order valence-electron chi connectivity index (χ0n) is 15.0. The van der Waals surface area contributed by atoms with Crippen molar-refractivity contribution in [3.8, 4) is 0 Å². The van der Waals surface area contributed by atoms with Gasteiger partial charge in [-0.05, 0) is 37.5 Å². The maximum absolute atomic E-state index is 12.7. The van der Waals surface area contributed by atoms with Crippen molar-refractivity contribution in [1.82, 2.24) is 4.90 Å². The Hall–Kier alpha value is -2.62.